The summed E-state index contributed by atoms with van der Waals surface area (Å²) in [5.74, 6) is -0.614. The van der Waals surface area contributed by atoms with Gasteiger partial charge in [-0.25, -0.2) is 0 Å². The van der Waals surface area contributed by atoms with E-state index in [1.807, 2.05) is 62.4 Å². The quantitative estimate of drug-likeness (QED) is 0.700. The maximum atomic E-state index is 12.7. The fourth-order valence-electron chi connectivity index (χ4n) is 3.58. The molecule has 1 fully saturated rings. The van der Waals surface area contributed by atoms with E-state index >= 15 is 0 Å². The number of anilines is 2. The summed E-state index contributed by atoms with van der Waals surface area (Å²) in [6.45, 7) is 4.38. The smallest absolute Gasteiger partial charge is 0.231 e. The van der Waals surface area contributed by atoms with Gasteiger partial charge in [0.05, 0.1) is 5.92 Å². The van der Waals surface area contributed by atoms with E-state index < -0.39 is 5.92 Å². The predicted molar refractivity (Wildman–Crippen MR) is 114 cm³/mol. The number of nitrogens with one attached hydrogen (secondary N) is 1. The van der Waals surface area contributed by atoms with E-state index in [9.17, 15) is 9.59 Å². The van der Waals surface area contributed by atoms with E-state index in [1.165, 1.54) is 11.3 Å². The van der Waals surface area contributed by atoms with Crippen LogP contribution in [0.25, 0.3) is 0 Å². The summed E-state index contributed by atoms with van der Waals surface area (Å²) in [6, 6.07) is 16.0. The van der Waals surface area contributed by atoms with Crippen molar-refractivity contribution in [3.63, 3.8) is 0 Å². The first-order valence-electron chi connectivity index (χ1n) is 9.54. The third kappa shape index (κ3) is 4.35. The van der Waals surface area contributed by atoms with E-state index in [0.717, 1.165) is 27.4 Å². The molecule has 1 saturated heterocycles. The zero-order valence-corrected chi connectivity index (χ0v) is 17.2. The van der Waals surface area contributed by atoms with Crippen LogP contribution in [0.2, 0.25) is 0 Å². The minimum atomic E-state index is -0.398. The molecule has 148 valence electrons. The van der Waals surface area contributed by atoms with Crippen molar-refractivity contribution in [1.29, 1.82) is 0 Å². The topological polar surface area (TPSA) is 75.2 Å². The molecule has 7 heteroatoms. The maximum Gasteiger partial charge on any atom is 0.231 e. The van der Waals surface area contributed by atoms with Crippen molar-refractivity contribution in [1.82, 2.24) is 10.2 Å². The fourth-order valence-corrected chi connectivity index (χ4v) is 4.35. The van der Waals surface area contributed by atoms with Crippen molar-refractivity contribution >= 4 is 34.0 Å². The maximum absolute atomic E-state index is 12.7. The molecule has 6 nitrogen and oxygen atoms in total. The van der Waals surface area contributed by atoms with Gasteiger partial charge in [-0.2, -0.15) is 0 Å². The Morgan fingerprint density at radius 3 is 2.72 bits per heavy atom. The van der Waals surface area contributed by atoms with Crippen LogP contribution in [0, 0.1) is 19.8 Å². The van der Waals surface area contributed by atoms with Gasteiger partial charge in [0, 0.05) is 25.1 Å². The normalized spacial score (nSPS) is 16.3. The summed E-state index contributed by atoms with van der Waals surface area (Å²) < 4.78 is 0. The zero-order valence-electron chi connectivity index (χ0n) is 16.4. The fraction of sp³-hybridized carbons (Fsp3) is 0.273. The first-order valence-corrected chi connectivity index (χ1v) is 10.4. The highest BCUT2D eigenvalue weighted by Crippen LogP contribution is 2.29. The molecular weight excluding hydrogens is 384 g/mol. The van der Waals surface area contributed by atoms with Crippen molar-refractivity contribution in [3.8, 4) is 0 Å². The lowest BCUT2D eigenvalue weighted by Crippen LogP contribution is -2.28. The predicted octanol–water partition coefficient (Wildman–Crippen LogP) is 3.74. The van der Waals surface area contributed by atoms with Gasteiger partial charge in [-0.3, -0.25) is 9.59 Å². The number of aryl methyl sites for hydroxylation is 2. The molecule has 1 aliphatic heterocycles. The highest BCUT2D eigenvalue weighted by molar-refractivity contribution is 7.15. The molecular formula is C22H22N4O2S. The number of hydrogen-bond acceptors (Lipinski definition) is 5. The Kier molecular flexibility index (Phi) is 5.40. The molecule has 1 aliphatic rings. The van der Waals surface area contributed by atoms with E-state index in [-0.39, 0.29) is 18.2 Å². The lowest BCUT2D eigenvalue weighted by Gasteiger charge is -2.19. The average Bonchev–Trinajstić information content (AvgIpc) is 3.29. The van der Waals surface area contributed by atoms with Gasteiger partial charge in [0.1, 0.15) is 5.01 Å². The Morgan fingerprint density at radius 2 is 1.97 bits per heavy atom. The summed E-state index contributed by atoms with van der Waals surface area (Å²) in [6.07, 6.45) is 0.881. The summed E-state index contributed by atoms with van der Waals surface area (Å²) in [5, 5.41) is 12.4. The Morgan fingerprint density at radius 1 is 1.17 bits per heavy atom. The van der Waals surface area contributed by atoms with E-state index in [4.69, 9.17) is 0 Å². The summed E-state index contributed by atoms with van der Waals surface area (Å²) in [5.41, 5.74) is 4.20. The van der Waals surface area contributed by atoms with Crippen LogP contribution >= 0.6 is 11.3 Å². The molecule has 4 rings (SSSR count). The van der Waals surface area contributed by atoms with Gasteiger partial charge < -0.3 is 10.2 Å². The highest BCUT2D eigenvalue weighted by Gasteiger charge is 2.36. The van der Waals surface area contributed by atoms with E-state index in [0.29, 0.717) is 18.1 Å². The van der Waals surface area contributed by atoms with Crippen molar-refractivity contribution in [2.75, 3.05) is 16.8 Å². The van der Waals surface area contributed by atoms with Crippen LogP contribution in [0.5, 0.6) is 0 Å². The van der Waals surface area contributed by atoms with Crippen LogP contribution in [0.15, 0.2) is 48.5 Å². The average molecular weight is 407 g/mol. The molecule has 1 N–H and O–H groups in total. The van der Waals surface area contributed by atoms with Crippen LogP contribution in [0.3, 0.4) is 0 Å². The van der Waals surface area contributed by atoms with Crippen LogP contribution < -0.4 is 10.2 Å². The molecule has 1 unspecified atom stereocenters. The minimum Gasteiger partial charge on any atom is -0.311 e. The van der Waals surface area contributed by atoms with Gasteiger partial charge in [-0.05, 0) is 31.0 Å². The largest absolute Gasteiger partial charge is 0.311 e. The van der Waals surface area contributed by atoms with Gasteiger partial charge >= 0.3 is 0 Å². The molecule has 29 heavy (non-hydrogen) atoms. The first kappa shape index (κ1) is 19.3. The second-order valence-electron chi connectivity index (χ2n) is 7.35. The van der Waals surface area contributed by atoms with E-state index in [2.05, 4.69) is 15.5 Å². The SMILES string of the molecule is Cc1ccc(N2CC(C(=O)Nc3nnc(Cc4ccccc4)s3)CC2=O)c(C)c1. The molecule has 0 aliphatic carbocycles. The molecule has 1 aromatic heterocycles. The molecule has 0 saturated carbocycles. The molecule has 3 aromatic rings. The number of carbonyl (C=O) groups is 2. The highest BCUT2D eigenvalue weighted by atomic mass is 32.1. The first-order chi connectivity index (χ1) is 14.0. The molecule has 2 amide bonds. The number of aromatic nitrogens is 2. The summed E-state index contributed by atoms with van der Waals surface area (Å²) in [7, 11) is 0. The summed E-state index contributed by atoms with van der Waals surface area (Å²) >= 11 is 1.36. The molecule has 0 spiro atoms. The molecule has 0 radical (unpaired) electrons. The van der Waals surface area contributed by atoms with Crippen LogP contribution in [-0.2, 0) is 16.0 Å². The number of benzene rings is 2. The van der Waals surface area contributed by atoms with Crippen molar-refractivity contribution < 1.29 is 9.59 Å². The van der Waals surface area contributed by atoms with Gasteiger partial charge in [-0.1, -0.05) is 59.4 Å². The lowest BCUT2D eigenvalue weighted by atomic mass is 10.1. The van der Waals surface area contributed by atoms with Crippen molar-refractivity contribution in [2.45, 2.75) is 26.7 Å². The minimum absolute atomic E-state index is 0.0286. The lowest BCUT2D eigenvalue weighted by molar-refractivity contribution is -0.122. The second-order valence-corrected chi connectivity index (χ2v) is 8.41. The molecule has 0 bridgehead atoms. The van der Waals surface area contributed by atoms with Gasteiger partial charge in [0.2, 0.25) is 16.9 Å². The Bertz CT molecular complexity index is 1050. The van der Waals surface area contributed by atoms with Gasteiger partial charge in [-0.15, -0.1) is 10.2 Å². The van der Waals surface area contributed by atoms with Crippen LogP contribution in [-0.4, -0.2) is 28.6 Å². The second kappa shape index (κ2) is 8.13. The van der Waals surface area contributed by atoms with Crippen molar-refractivity contribution in [3.05, 3.63) is 70.2 Å². The Hall–Kier alpha value is -3.06. The third-order valence-electron chi connectivity index (χ3n) is 5.03. The van der Waals surface area contributed by atoms with Crippen LogP contribution in [0.1, 0.15) is 28.1 Å². The number of rotatable bonds is 5. The number of amides is 2. The Balaban J connectivity index is 1.40. The monoisotopic (exact) mass is 406 g/mol. The van der Waals surface area contributed by atoms with Gasteiger partial charge in [0.25, 0.3) is 0 Å². The van der Waals surface area contributed by atoms with E-state index in [1.54, 1.807) is 4.90 Å². The number of carbonyl (C=O) groups excluding carboxylic acids is 2. The van der Waals surface area contributed by atoms with Crippen molar-refractivity contribution in [2.24, 2.45) is 5.92 Å². The third-order valence-corrected chi connectivity index (χ3v) is 5.87. The number of nitrogens with zero attached hydrogens (tertiary/aromatic N) is 3. The van der Waals surface area contributed by atoms with Crippen LogP contribution in [0.4, 0.5) is 10.8 Å². The van der Waals surface area contributed by atoms with Gasteiger partial charge in [0.15, 0.2) is 0 Å². The molecule has 1 atom stereocenters. The number of hydrogen-bond donors (Lipinski definition) is 1. The zero-order chi connectivity index (χ0) is 20.4. The summed E-state index contributed by atoms with van der Waals surface area (Å²) in [4.78, 5) is 26.9. The standard InChI is InChI=1S/C22H22N4O2S/c1-14-8-9-18(15(2)10-14)26-13-17(12-20(26)27)21(28)23-22-25-24-19(29-22)11-16-6-4-3-5-7-16/h3-10,17H,11-13H2,1-2H3,(H,23,25,28). The Labute approximate surface area is 173 Å². The molecule has 2 heterocycles. The molecule has 2 aromatic carbocycles.